The Bertz CT molecular complexity index is 298. The molecule has 3 atom stereocenters. The number of likely N-dealkylation sites (tertiary alicyclic amines) is 1. The summed E-state index contributed by atoms with van der Waals surface area (Å²) < 4.78 is 38.1. The Hall–Kier alpha value is -0.290. The van der Waals surface area contributed by atoms with E-state index in [2.05, 4.69) is 11.8 Å². The molecule has 0 bridgehead atoms. The van der Waals surface area contributed by atoms with Crippen LogP contribution in [0.1, 0.15) is 51.9 Å². The topological polar surface area (TPSA) is 29.3 Å². The van der Waals surface area contributed by atoms with Gasteiger partial charge in [0, 0.05) is 12.1 Å². The number of alkyl halides is 3. The van der Waals surface area contributed by atoms with Crippen molar-refractivity contribution in [1.29, 1.82) is 0 Å². The number of hydrogen-bond donors (Lipinski definition) is 1. The van der Waals surface area contributed by atoms with E-state index in [1.807, 2.05) is 0 Å². The molecule has 0 amide bonds. The third-order valence-corrected chi connectivity index (χ3v) is 5.14. The summed E-state index contributed by atoms with van der Waals surface area (Å²) in [6.45, 7) is 3.31. The largest absolute Gasteiger partial charge is 0.391 e. The van der Waals surface area contributed by atoms with E-state index in [9.17, 15) is 13.2 Å². The second kappa shape index (κ2) is 6.65. The molecule has 2 rings (SSSR count). The highest BCUT2D eigenvalue weighted by molar-refractivity contribution is 4.91. The van der Waals surface area contributed by atoms with Crippen LogP contribution in [-0.4, -0.2) is 36.2 Å². The summed E-state index contributed by atoms with van der Waals surface area (Å²) in [4.78, 5) is 2.23. The number of nitrogens with two attached hydrogens (primary N) is 1. The summed E-state index contributed by atoms with van der Waals surface area (Å²) >= 11 is 0. The average molecular weight is 292 g/mol. The SMILES string of the molecule is CCCC1CCC(N)C(N2CCC(C(F)(F)F)CC2)C1. The molecule has 1 aliphatic heterocycles. The summed E-state index contributed by atoms with van der Waals surface area (Å²) in [5.41, 5.74) is 6.22. The van der Waals surface area contributed by atoms with E-state index in [0.29, 0.717) is 25.0 Å². The van der Waals surface area contributed by atoms with E-state index in [4.69, 9.17) is 5.73 Å². The lowest BCUT2D eigenvalue weighted by Crippen LogP contribution is -2.54. The van der Waals surface area contributed by atoms with Gasteiger partial charge in [-0.15, -0.1) is 0 Å². The Morgan fingerprint density at radius 1 is 1.10 bits per heavy atom. The molecule has 3 unspecified atom stereocenters. The summed E-state index contributed by atoms with van der Waals surface area (Å²) in [7, 11) is 0. The normalized spacial score (nSPS) is 34.4. The Labute approximate surface area is 119 Å². The van der Waals surface area contributed by atoms with Gasteiger partial charge in [0.25, 0.3) is 0 Å². The van der Waals surface area contributed by atoms with Crippen molar-refractivity contribution in [3.63, 3.8) is 0 Å². The molecule has 118 valence electrons. The molecule has 1 saturated heterocycles. The predicted octanol–water partition coefficient (Wildman–Crippen LogP) is 3.56. The second-order valence-corrected chi connectivity index (χ2v) is 6.55. The van der Waals surface area contributed by atoms with E-state index in [-0.39, 0.29) is 18.9 Å². The van der Waals surface area contributed by atoms with Crippen LogP contribution in [0.15, 0.2) is 0 Å². The zero-order valence-electron chi connectivity index (χ0n) is 12.3. The maximum Gasteiger partial charge on any atom is 0.391 e. The highest BCUT2D eigenvalue weighted by Gasteiger charge is 2.43. The van der Waals surface area contributed by atoms with Crippen molar-refractivity contribution in [2.75, 3.05) is 13.1 Å². The van der Waals surface area contributed by atoms with Gasteiger partial charge in [-0.3, -0.25) is 4.90 Å². The predicted molar refractivity (Wildman–Crippen MR) is 74.4 cm³/mol. The van der Waals surface area contributed by atoms with E-state index >= 15 is 0 Å². The molecule has 2 aliphatic rings. The molecule has 2 nitrogen and oxygen atoms in total. The van der Waals surface area contributed by atoms with Gasteiger partial charge in [0.05, 0.1) is 5.92 Å². The highest BCUT2D eigenvalue weighted by atomic mass is 19.4. The van der Waals surface area contributed by atoms with Crippen LogP contribution >= 0.6 is 0 Å². The number of nitrogens with zero attached hydrogens (tertiary/aromatic N) is 1. The van der Waals surface area contributed by atoms with Gasteiger partial charge in [-0.1, -0.05) is 19.8 Å². The van der Waals surface area contributed by atoms with E-state index in [0.717, 1.165) is 12.8 Å². The first kappa shape index (κ1) is 16.1. The maximum atomic E-state index is 12.7. The standard InChI is InChI=1S/C15H27F3N2/c1-2-3-11-4-5-13(19)14(10-11)20-8-6-12(7-9-20)15(16,17)18/h11-14H,2-10,19H2,1H3. The lowest BCUT2D eigenvalue weighted by atomic mass is 9.79. The fourth-order valence-electron chi connectivity index (χ4n) is 3.90. The van der Waals surface area contributed by atoms with Gasteiger partial charge < -0.3 is 5.73 Å². The average Bonchev–Trinajstić information content (AvgIpc) is 2.40. The molecule has 0 aromatic carbocycles. The first-order chi connectivity index (χ1) is 9.41. The molecule has 0 aromatic rings. The van der Waals surface area contributed by atoms with E-state index in [1.54, 1.807) is 0 Å². The molecule has 2 fully saturated rings. The summed E-state index contributed by atoms with van der Waals surface area (Å²) in [6, 6.07) is 0.444. The number of halogens is 3. The molecule has 0 spiro atoms. The first-order valence-electron chi connectivity index (χ1n) is 7.98. The second-order valence-electron chi connectivity index (χ2n) is 6.55. The monoisotopic (exact) mass is 292 g/mol. The third-order valence-electron chi connectivity index (χ3n) is 5.14. The summed E-state index contributed by atoms with van der Waals surface area (Å²) in [5.74, 6) is -0.393. The van der Waals surface area contributed by atoms with Crippen molar-refractivity contribution in [2.45, 2.75) is 70.1 Å². The van der Waals surface area contributed by atoms with Crippen molar-refractivity contribution in [3.8, 4) is 0 Å². The van der Waals surface area contributed by atoms with Gasteiger partial charge in [0.15, 0.2) is 0 Å². The van der Waals surface area contributed by atoms with E-state index in [1.165, 1.54) is 19.3 Å². The molecular formula is C15H27F3N2. The van der Waals surface area contributed by atoms with Crippen molar-refractivity contribution in [1.82, 2.24) is 4.90 Å². The maximum absolute atomic E-state index is 12.7. The smallest absolute Gasteiger partial charge is 0.326 e. The van der Waals surface area contributed by atoms with Gasteiger partial charge in [-0.25, -0.2) is 0 Å². The van der Waals surface area contributed by atoms with Crippen molar-refractivity contribution in [2.24, 2.45) is 17.6 Å². The minimum atomic E-state index is -4.02. The van der Waals surface area contributed by atoms with Crippen LogP contribution in [0.2, 0.25) is 0 Å². The van der Waals surface area contributed by atoms with Crippen molar-refractivity contribution in [3.05, 3.63) is 0 Å². The molecule has 0 radical (unpaired) electrons. The van der Waals surface area contributed by atoms with Crippen LogP contribution in [0, 0.1) is 11.8 Å². The van der Waals surface area contributed by atoms with Crippen molar-refractivity contribution < 1.29 is 13.2 Å². The van der Waals surface area contributed by atoms with Crippen LogP contribution < -0.4 is 5.73 Å². The highest BCUT2D eigenvalue weighted by Crippen LogP contribution is 2.37. The van der Waals surface area contributed by atoms with Gasteiger partial charge >= 0.3 is 6.18 Å². The molecule has 1 heterocycles. The lowest BCUT2D eigenvalue weighted by Gasteiger charge is -2.44. The molecule has 0 aromatic heterocycles. The third kappa shape index (κ3) is 3.88. The summed E-state index contributed by atoms with van der Waals surface area (Å²) in [6.07, 6.45) is 2.15. The van der Waals surface area contributed by atoms with Gasteiger partial charge in [0.1, 0.15) is 0 Å². The fourth-order valence-corrected chi connectivity index (χ4v) is 3.90. The van der Waals surface area contributed by atoms with Gasteiger partial charge in [-0.05, 0) is 51.1 Å². The molecule has 2 N–H and O–H groups in total. The Morgan fingerprint density at radius 2 is 1.75 bits per heavy atom. The molecule has 1 saturated carbocycles. The molecule has 5 heteroatoms. The fraction of sp³-hybridized carbons (Fsp3) is 1.00. The van der Waals surface area contributed by atoms with Crippen molar-refractivity contribution >= 4 is 0 Å². The molecule has 20 heavy (non-hydrogen) atoms. The minimum absolute atomic E-state index is 0.144. The van der Waals surface area contributed by atoms with Crippen LogP contribution in [0.5, 0.6) is 0 Å². The summed E-state index contributed by atoms with van der Waals surface area (Å²) in [5, 5.41) is 0. The Kier molecular flexibility index (Phi) is 5.35. The number of hydrogen-bond acceptors (Lipinski definition) is 2. The minimum Gasteiger partial charge on any atom is -0.326 e. The number of rotatable bonds is 3. The van der Waals surface area contributed by atoms with Crippen LogP contribution in [0.3, 0.4) is 0 Å². The van der Waals surface area contributed by atoms with Crippen LogP contribution in [0.4, 0.5) is 13.2 Å². The molecule has 1 aliphatic carbocycles. The zero-order chi connectivity index (χ0) is 14.8. The zero-order valence-corrected chi connectivity index (χ0v) is 12.3. The Morgan fingerprint density at radius 3 is 2.30 bits per heavy atom. The van der Waals surface area contributed by atoms with Gasteiger partial charge in [0.2, 0.25) is 0 Å². The number of piperidine rings is 1. The first-order valence-corrected chi connectivity index (χ1v) is 7.98. The van der Waals surface area contributed by atoms with E-state index < -0.39 is 12.1 Å². The van der Waals surface area contributed by atoms with Gasteiger partial charge in [-0.2, -0.15) is 13.2 Å². The lowest BCUT2D eigenvalue weighted by molar-refractivity contribution is -0.186. The quantitative estimate of drug-likeness (QED) is 0.862. The van der Waals surface area contributed by atoms with Crippen LogP contribution in [0.25, 0.3) is 0 Å². The molecular weight excluding hydrogens is 265 g/mol. The Balaban J connectivity index is 1.88. The van der Waals surface area contributed by atoms with Crippen LogP contribution in [-0.2, 0) is 0 Å².